The fourth-order valence-corrected chi connectivity index (χ4v) is 7.03. The van der Waals surface area contributed by atoms with Crippen LogP contribution in [0.15, 0.2) is 24.3 Å². The second-order valence-electron chi connectivity index (χ2n) is 8.64. The highest BCUT2D eigenvalue weighted by Crippen LogP contribution is 2.60. The molecule has 0 unspecified atom stereocenters. The Morgan fingerprint density at radius 2 is 1.48 bits per heavy atom. The van der Waals surface area contributed by atoms with Crippen LogP contribution in [-0.2, 0) is 28.7 Å². The van der Waals surface area contributed by atoms with Gasteiger partial charge in [0.25, 0.3) is 5.91 Å². The summed E-state index contributed by atoms with van der Waals surface area (Å²) >= 11 is 7.26. The number of esters is 1. The van der Waals surface area contributed by atoms with E-state index in [0.29, 0.717) is 11.4 Å². The number of nitrogens with zero attached hydrogens (tertiary/aromatic N) is 1. The summed E-state index contributed by atoms with van der Waals surface area (Å²) in [4.78, 5) is 63.0. The Morgan fingerprint density at radius 3 is 1.97 bits per heavy atom. The van der Waals surface area contributed by atoms with Crippen molar-refractivity contribution >= 4 is 72.8 Å². The van der Waals surface area contributed by atoms with Crippen LogP contribution in [0.25, 0.3) is 0 Å². The number of imide groups is 1. The van der Waals surface area contributed by atoms with Gasteiger partial charge in [-0.3, -0.25) is 24.1 Å². The predicted molar refractivity (Wildman–Crippen MR) is 126 cm³/mol. The molecule has 2 aliphatic carbocycles. The quantitative estimate of drug-likeness (QED) is 0.301. The molecule has 1 aliphatic heterocycles. The summed E-state index contributed by atoms with van der Waals surface area (Å²) in [5.41, 5.74) is 1.04. The summed E-state index contributed by atoms with van der Waals surface area (Å²) in [6, 6.07) is 5.32. The molecule has 4 rings (SSSR count). The van der Waals surface area contributed by atoms with Gasteiger partial charge in [-0.25, -0.2) is 4.79 Å². The van der Waals surface area contributed by atoms with Crippen molar-refractivity contribution in [2.45, 2.75) is 36.0 Å². The second kappa shape index (κ2) is 9.17. The van der Waals surface area contributed by atoms with Crippen molar-refractivity contribution in [2.24, 2.45) is 23.7 Å². The Morgan fingerprint density at radius 1 is 1.00 bits per heavy atom. The molecule has 2 saturated carbocycles. The molecule has 0 radical (unpaired) electrons. The molecule has 2 N–H and O–H groups in total. The summed E-state index contributed by atoms with van der Waals surface area (Å²) < 4.78 is 5.08. The number of halogens is 2. The largest absolute Gasteiger partial charge is 0.454 e. The molecule has 1 aromatic rings. The van der Waals surface area contributed by atoms with Gasteiger partial charge >= 0.3 is 5.97 Å². The number of ether oxygens (including phenoxy) is 1. The molecule has 176 valence electrons. The van der Waals surface area contributed by atoms with Crippen molar-refractivity contribution in [3.8, 4) is 0 Å². The third-order valence-corrected chi connectivity index (χ3v) is 9.79. The fourth-order valence-electron chi connectivity index (χ4n) is 5.15. The van der Waals surface area contributed by atoms with E-state index in [1.807, 2.05) is 0 Å². The maximum atomic E-state index is 13.0. The molecule has 11 heteroatoms. The summed E-state index contributed by atoms with van der Waals surface area (Å²) in [5.74, 6) is -3.00. The second-order valence-corrected chi connectivity index (χ2v) is 10.8. The number of benzene rings is 1. The molecule has 33 heavy (non-hydrogen) atoms. The predicted octanol–water partition coefficient (Wildman–Crippen LogP) is 2.29. The molecule has 3 aliphatic rings. The average Bonchev–Trinajstić information content (AvgIpc) is 3.37. The first kappa shape index (κ1) is 23.9. The van der Waals surface area contributed by atoms with Gasteiger partial charge in [0.2, 0.25) is 17.7 Å². The Labute approximate surface area is 207 Å². The van der Waals surface area contributed by atoms with Gasteiger partial charge < -0.3 is 15.4 Å². The van der Waals surface area contributed by atoms with E-state index in [9.17, 15) is 24.0 Å². The minimum atomic E-state index is -1.11. The van der Waals surface area contributed by atoms with Crippen molar-refractivity contribution in [3.63, 3.8) is 0 Å². The molecule has 0 spiro atoms. The SMILES string of the molecule is CC(=O)Nc1ccc(NC(=O)COC(=O)[C@H](C)N2C(=O)[C@@H]3[C@H]4C[C@@H]([C@@H](Br)[C@H]4Br)[C@H]3C2=O)cc1. The first-order valence-corrected chi connectivity index (χ1v) is 12.4. The van der Waals surface area contributed by atoms with E-state index < -0.39 is 36.4 Å². The normalized spacial score (nSPS) is 30.7. The molecular formula is C22H23Br2N3O6. The van der Waals surface area contributed by atoms with Crippen LogP contribution in [0.1, 0.15) is 20.3 Å². The zero-order valence-corrected chi connectivity index (χ0v) is 21.1. The topological polar surface area (TPSA) is 122 Å². The van der Waals surface area contributed by atoms with E-state index >= 15 is 0 Å². The zero-order valence-electron chi connectivity index (χ0n) is 17.9. The average molecular weight is 585 g/mol. The smallest absolute Gasteiger partial charge is 0.329 e. The number of alkyl halides is 2. The van der Waals surface area contributed by atoms with Crippen LogP contribution in [-0.4, -0.2) is 56.8 Å². The van der Waals surface area contributed by atoms with E-state index in [0.717, 1.165) is 11.3 Å². The standard InChI is InChI=1S/C22H23Br2N3O6/c1-9(27-20(30)16-13-7-14(17(16)21(27)31)19(24)18(13)23)22(32)33-8-15(29)26-12-5-3-11(4-6-12)25-10(2)28/h3-6,9,13-14,16-19H,7-8H2,1-2H3,(H,25,28)(H,26,29)/t9-,13+,14+,16+,17+,18-,19+/m0/s1. The molecule has 1 aromatic carbocycles. The lowest BCUT2D eigenvalue weighted by Gasteiger charge is -2.28. The lowest BCUT2D eigenvalue weighted by Crippen LogP contribution is -2.45. The lowest BCUT2D eigenvalue weighted by atomic mass is 9.81. The molecule has 3 fully saturated rings. The van der Waals surface area contributed by atoms with E-state index in [1.165, 1.54) is 13.8 Å². The number of rotatable bonds is 6. The summed E-state index contributed by atoms with van der Waals surface area (Å²) in [5, 5.41) is 5.19. The van der Waals surface area contributed by atoms with Crippen LogP contribution in [0.2, 0.25) is 0 Å². The van der Waals surface area contributed by atoms with Gasteiger partial charge in [-0.2, -0.15) is 0 Å². The van der Waals surface area contributed by atoms with Crippen LogP contribution in [0.3, 0.4) is 0 Å². The number of carbonyl (C=O) groups is 5. The van der Waals surface area contributed by atoms with Crippen molar-refractivity contribution in [2.75, 3.05) is 17.2 Å². The molecule has 9 nitrogen and oxygen atoms in total. The molecule has 4 amide bonds. The van der Waals surface area contributed by atoms with Gasteiger partial charge in [0.15, 0.2) is 6.61 Å². The first-order valence-electron chi connectivity index (χ1n) is 10.6. The van der Waals surface area contributed by atoms with E-state index in [1.54, 1.807) is 24.3 Å². The number of carbonyl (C=O) groups excluding carboxylic acids is 5. The van der Waals surface area contributed by atoms with Gasteiger partial charge in [0.05, 0.1) is 11.8 Å². The molecule has 2 bridgehead atoms. The highest BCUT2D eigenvalue weighted by molar-refractivity contribution is 9.12. The van der Waals surface area contributed by atoms with Gasteiger partial charge in [0, 0.05) is 28.0 Å². The number of anilines is 2. The maximum absolute atomic E-state index is 13.0. The molecule has 1 heterocycles. The summed E-state index contributed by atoms with van der Waals surface area (Å²) in [6.45, 7) is 2.27. The third kappa shape index (κ3) is 4.32. The Kier molecular flexibility index (Phi) is 6.63. The van der Waals surface area contributed by atoms with E-state index in [2.05, 4.69) is 42.5 Å². The van der Waals surface area contributed by atoms with Crippen LogP contribution < -0.4 is 10.6 Å². The van der Waals surface area contributed by atoms with E-state index in [-0.39, 0.29) is 39.2 Å². The molecule has 0 aromatic heterocycles. The molecule has 1 saturated heterocycles. The van der Waals surface area contributed by atoms with Gasteiger partial charge in [-0.15, -0.1) is 0 Å². The highest BCUT2D eigenvalue weighted by atomic mass is 79.9. The van der Waals surface area contributed by atoms with Crippen LogP contribution in [0.4, 0.5) is 11.4 Å². The Bertz CT molecular complexity index is 984. The fraction of sp³-hybridized carbons (Fsp3) is 0.500. The van der Waals surface area contributed by atoms with Crippen molar-refractivity contribution < 1.29 is 28.7 Å². The third-order valence-electron chi connectivity index (χ3n) is 6.58. The number of hydrogen-bond acceptors (Lipinski definition) is 6. The van der Waals surface area contributed by atoms with Crippen LogP contribution in [0.5, 0.6) is 0 Å². The van der Waals surface area contributed by atoms with Crippen LogP contribution >= 0.6 is 31.9 Å². The number of likely N-dealkylation sites (tertiary alicyclic amines) is 1. The number of hydrogen-bond donors (Lipinski definition) is 2. The highest BCUT2D eigenvalue weighted by Gasteiger charge is 2.67. The van der Waals surface area contributed by atoms with Crippen molar-refractivity contribution in [1.29, 1.82) is 0 Å². The maximum Gasteiger partial charge on any atom is 0.329 e. The first-order chi connectivity index (χ1) is 15.6. The van der Waals surface area contributed by atoms with Gasteiger partial charge in [-0.1, -0.05) is 31.9 Å². The van der Waals surface area contributed by atoms with Crippen molar-refractivity contribution in [3.05, 3.63) is 24.3 Å². The van der Waals surface area contributed by atoms with Crippen molar-refractivity contribution in [1.82, 2.24) is 4.90 Å². The van der Waals surface area contributed by atoms with Crippen LogP contribution in [0, 0.1) is 23.7 Å². The summed E-state index contributed by atoms with van der Waals surface area (Å²) in [6.07, 6.45) is 0.803. The van der Waals surface area contributed by atoms with Gasteiger partial charge in [-0.05, 0) is 49.4 Å². The monoisotopic (exact) mass is 583 g/mol. The van der Waals surface area contributed by atoms with Gasteiger partial charge in [0.1, 0.15) is 6.04 Å². The minimum absolute atomic E-state index is 0.0526. The van der Waals surface area contributed by atoms with E-state index in [4.69, 9.17) is 4.74 Å². The lowest BCUT2D eigenvalue weighted by molar-refractivity contribution is -0.159. The number of fused-ring (bicyclic) bond motifs is 5. The minimum Gasteiger partial charge on any atom is -0.454 e. The Hall–Kier alpha value is -2.27. The number of nitrogens with one attached hydrogen (secondary N) is 2. The zero-order chi connectivity index (χ0) is 24.0. The number of amides is 4. The molecular weight excluding hydrogens is 562 g/mol. The summed E-state index contributed by atoms with van der Waals surface area (Å²) in [7, 11) is 0. The molecule has 7 atom stereocenters. The Balaban J connectivity index is 1.32.